The van der Waals surface area contributed by atoms with Crippen LogP contribution in [0.2, 0.25) is 5.02 Å². The zero-order chi connectivity index (χ0) is 12.7. The second-order valence-corrected chi connectivity index (χ2v) is 5.43. The summed E-state index contributed by atoms with van der Waals surface area (Å²) in [4.78, 5) is 0. The van der Waals surface area contributed by atoms with Crippen molar-refractivity contribution in [1.82, 2.24) is 0 Å². The molecule has 17 heavy (non-hydrogen) atoms. The first-order valence-corrected chi connectivity index (χ1v) is 5.93. The molecule has 5 heteroatoms. The lowest BCUT2D eigenvalue weighted by Gasteiger charge is -2.33. The Balaban J connectivity index is 2.28. The Morgan fingerprint density at radius 1 is 1.29 bits per heavy atom. The van der Waals surface area contributed by atoms with Crippen LogP contribution in [0.15, 0.2) is 24.3 Å². The molecule has 0 radical (unpaired) electrons. The van der Waals surface area contributed by atoms with Gasteiger partial charge >= 0.3 is 7.12 Å². The van der Waals surface area contributed by atoms with E-state index >= 15 is 0 Å². The number of hydrogen-bond donors (Lipinski definition) is 0. The van der Waals surface area contributed by atoms with E-state index in [0.29, 0.717) is 5.02 Å². The molecular formula is C12H15BClFO2. The predicted octanol–water partition coefficient (Wildman–Crippen LogP) is 2.59. The summed E-state index contributed by atoms with van der Waals surface area (Å²) in [5.74, 6) is 0. The van der Waals surface area contributed by atoms with Gasteiger partial charge in [0.2, 0.25) is 0 Å². The van der Waals surface area contributed by atoms with E-state index in [1.165, 1.54) is 0 Å². The second kappa shape index (κ2) is 4.27. The van der Waals surface area contributed by atoms with Crippen LogP contribution in [0.3, 0.4) is 0 Å². The highest BCUT2D eigenvalue weighted by atomic mass is 35.5. The average Bonchev–Trinajstić information content (AvgIpc) is 2.51. The first-order chi connectivity index (χ1) is 7.88. The van der Waals surface area contributed by atoms with Crippen molar-refractivity contribution in [3.05, 3.63) is 29.3 Å². The SMILES string of the molecule is CC1(C)OB(c2cccc(Cl)c2)OC1(C)CF. The van der Waals surface area contributed by atoms with Gasteiger partial charge in [-0.1, -0.05) is 23.7 Å². The second-order valence-electron chi connectivity index (χ2n) is 5.00. The van der Waals surface area contributed by atoms with Gasteiger partial charge in [0.15, 0.2) is 0 Å². The molecule has 0 aromatic heterocycles. The third kappa shape index (κ3) is 2.22. The van der Waals surface area contributed by atoms with Crippen LogP contribution in [-0.2, 0) is 9.31 Å². The van der Waals surface area contributed by atoms with E-state index in [9.17, 15) is 4.39 Å². The van der Waals surface area contributed by atoms with Crippen LogP contribution in [0.1, 0.15) is 20.8 Å². The van der Waals surface area contributed by atoms with Gasteiger partial charge in [0.1, 0.15) is 12.3 Å². The van der Waals surface area contributed by atoms with Crippen LogP contribution in [0, 0.1) is 0 Å². The highest BCUT2D eigenvalue weighted by molar-refractivity contribution is 6.62. The Labute approximate surface area is 106 Å². The van der Waals surface area contributed by atoms with E-state index in [4.69, 9.17) is 20.9 Å². The van der Waals surface area contributed by atoms with E-state index in [1.54, 1.807) is 19.1 Å². The Hall–Kier alpha value is -0.575. The smallest absolute Gasteiger partial charge is 0.399 e. The molecule has 1 aromatic rings. The van der Waals surface area contributed by atoms with Gasteiger partial charge in [0.25, 0.3) is 0 Å². The molecule has 1 atom stereocenters. The minimum absolute atomic E-state index is 0.565. The van der Waals surface area contributed by atoms with Gasteiger partial charge in [0.05, 0.1) is 5.60 Å². The Kier molecular flexibility index (Phi) is 3.23. The molecule has 1 aliphatic rings. The summed E-state index contributed by atoms with van der Waals surface area (Å²) in [5.41, 5.74) is -0.794. The maximum atomic E-state index is 13.1. The molecule has 0 saturated carbocycles. The quantitative estimate of drug-likeness (QED) is 0.757. The Morgan fingerprint density at radius 2 is 2.00 bits per heavy atom. The first kappa shape index (κ1) is 12.9. The van der Waals surface area contributed by atoms with Crippen LogP contribution >= 0.6 is 11.6 Å². The average molecular weight is 257 g/mol. The molecule has 2 nitrogen and oxygen atoms in total. The molecule has 0 bridgehead atoms. The number of alkyl halides is 1. The van der Waals surface area contributed by atoms with Crippen molar-refractivity contribution >= 4 is 24.2 Å². The van der Waals surface area contributed by atoms with E-state index in [-0.39, 0.29) is 0 Å². The lowest BCUT2D eigenvalue weighted by molar-refractivity contribution is -0.0260. The van der Waals surface area contributed by atoms with Gasteiger partial charge < -0.3 is 9.31 Å². The minimum atomic E-state index is -0.931. The fraction of sp³-hybridized carbons (Fsp3) is 0.500. The predicted molar refractivity (Wildman–Crippen MR) is 67.5 cm³/mol. The van der Waals surface area contributed by atoms with Crippen LogP contribution in [0.4, 0.5) is 4.39 Å². The van der Waals surface area contributed by atoms with Gasteiger partial charge in [-0.3, -0.25) is 0 Å². The summed E-state index contributed by atoms with van der Waals surface area (Å²) in [7, 11) is -0.565. The van der Waals surface area contributed by atoms with Gasteiger partial charge in [-0.2, -0.15) is 0 Å². The van der Waals surface area contributed by atoms with Gasteiger partial charge in [-0.25, -0.2) is 4.39 Å². The van der Waals surface area contributed by atoms with Crippen molar-refractivity contribution in [1.29, 1.82) is 0 Å². The Morgan fingerprint density at radius 3 is 2.53 bits per heavy atom. The summed E-state index contributed by atoms with van der Waals surface area (Å²) in [6, 6.07) is 7.23. The standard InChI is InChI=1S/C12H15BClFO2/c1-11(2)12(3,8-15)17-13(16-11)9-5-4-6-10(14)7-9/h4-7H,8H2,1-3H3. The van der Waals surface area contributed by atoms with Crippen molar-refractivity contribution in [3.63, 3.8) is 0 Å². The van der Waals surface area contributed by atoms with Crippen molar-refractivity contribution in [2.45, 2.75) is 32.0 Å². The highest BCUT2D eigenvalue weighted by Gasteiger charge is 2.54. The molecule has 1 aromatic carbocycles. The Bertz CT molecular complexity index is 427. The fourth-order valence-electron chi connectivity index (χ4n) is 1.78. The zero-order valence-electron chi connectivity index (χ0n) is 10.2. The summed E-state index contributed by atoms with van der Waals surface area (Å²) in [6.45, 7) is 4.79. The molecule has 0 amide bonds. The summed E-state index contributed by atoms with van der Waals surface area (Å²) in [5, 5.41) is 0.612. The van der Waals surface area contributed by atoms with Crippen LogP contribution in [0.25, 0.3) is 0 Å². The number of rotatable bonds is 2. The molecule has 0 spiro atoms. The van der Waals surface area contributed by atoms with Crippen LogP contribution < -0.4 is 5.46 Å². The normalized spacial score (nSPS) is 27.5. The van der Waals surface area contributed by atoms with Crippen LogP contribution in [-0.4, -0.2) is 25.0 Å². The number of hydrogen-bond acceptors (Lipinski definition) is 2. The largest absolute Gasteiger partial charge is 0.494 e. The number of benzene rings is 1. The maximum Gasteiger partial charge on any atom is 0.494 e. The molecule has 1 unspecified atom stereocenters. The zero-order valence-corrected chi connectivity index (χ0v) is 10.9. The summed E-state index contributed by atoms with van der Waals surface area (Å²) in [6.07, 6.45) is 0. The third-order valence-corrected chi connectivity index (χ3v) is 3.65. The first-order valence-electron chi connectivity index (χ1n) is 5.55. The van der Waals surface area contributed by atoms with E-state index < -0.39 is 25.0 Å². The fourth-order valence-corrected chi connectivity index (χ4v) is 1.97. The molecule has 1 aliphatic heterocycles. The van der Waals surface area contributed by atoms with Gasteiger partial charge in [-0.05, 0) is 38.4 Å². The number of halogens is 2. The highest BCUT2D eigenvalue weighted by Crippen LogP contribution is 2.37. The summed E-state index contributed by atoms with van der Waals surface area (Å²) < 4.78 is 24.6. The molecule has 2 rings (SSSR count). The molecule has 1 saturated heterocycles. The van der Waals surface area contributed by atoms with E-state index in [1.807, 2.05) is 26.0 Å². The molecule has 92 valence electrons. The third-order valence-electron chi connectivity index (χ3n) is 3.42. The van der Waals surface area contributed by atoms with Crippen molar-refractivity contribution in [3.8, 4) is 0 Å². The summed E-state index contributed by atoms with van der Waals surface area (Å²) >= 11 is 5.91. The topological polar surface area (TPSA) is 18.5 Å². The van der Waals surface area contributed by atoms with Gasteiger partial charge in [-0.15, -0.1) is 0 Å². The van der Waals surface area contributed by atoms with Crippen molar-refractivity contribution in [2.75, 3.05) is 6.67 Å². The van der Waals surface area contributed by atoms with E-state index in [2.05, 4.69) is 0 Å². The lowest BCUT2D eigenvalue weighted by Crippen LogP contribution is -2.46. The molecule has 0 aliphatic carbocycles. The van der Waals surface area contributed by atoms with Gasteiger partial charge in [0, 0.05) is 5.02 Å². The monoisotopic (exact) mass is 256 g/mol. The molecular weight excluding hydrogens is 241 g/mol. The van der Waals surface area contributed by atoms with Crippen LogP contribution in [0.5, 0.6) is 0 Å². The lowest BCUT2D eigenvalue weighted by atomic mass is 9.79. The molecule has 1 heterocycles. The molecule has 0 N–H and O–H groups in total. The van der Waals surface area contributed by atoms with E-state index in [0.717, 1.165) is 5.46 Å². The molecule has 1 fully saturated rings. The maximum absolute atomic E-state index is 13.1. The minimum Gasteiger partial charge on any atom is -0.399 e. The van der Waals surface area contributed by atoms with Crippen molar-refractivity contribution < 1.29 is 13.7 Å². The van der Waals surface area contributed by atoms with Crippen molar-refractivity contribution in [2.24, 2.45) is 0 Å².